The van der Waals surface area contributed by atoms with Crippen molar-refractivity contribution in [1.82, 2.24) is 20.6 Å². The van der Waals surface area contributed by atoms with Crippen molar-refractivity contribution in [3.05, 3.63) is 39.9 Å². The summed E-state index contributed by atoms with van der Waals surface area (Å²) in [5.41, 5.74) is 6.58. The molecular weight excluding hydrogens is 265 g/mol. The third-order valence-corrected chi connectivity index (χ3v) is 2.62. The zero-order chi connectivity index (χ0) is 10.8. The average Bonchev–Trinajstić information content (AvgIpc) is 2.69. The molecule has 3 N–H and O–H groups in total. The first-order chi connectivity index (χ1) is 7.18. The zero-order valence-electron chi connectivity index (χ0n) is 7.48. The van der Waals surface area contributed by atoms with Gasteiger partial charge in [-0.2, -0.15) is 5.21 Å². The summed E-state index contributed by atoms with van der Waals surface area (Å²) >= 11 is 3.23. The van der Waals surface area contributed by atoms with E-state index < -0.39 is 6.04 Å². The standard InChI is InChI=1S/C8H7BrFN5/c9-6-3-4(10)1-2-5(6)7(11)8-12-14-15-13-8/h1-3,7H,11H2,(H,12,13,14,15). The second-order valence-electron chi connectivity index (χ2n) is 2.91. The smallest absolute Gasteiger partial charge is 0.195 e. The van der Waals surface area contributed by atoms with Gasteiger partial charge in [0.05, 0.1) is 6.04 Å². The molecule has 7 heteroatoms. The molecule has 1 heterocycles. The van der Waals surface area contributed by atoms with Crippen molar-refractivity contribution in [2.75, 3.05) is 0 Å². The van der Waals surface area contributed by atoms with Crippen LogP contribution >= 0.6 is 15.9 Å². The highest BCUT2D eigenvalue weighted by Gasteiger charge is 2.16. The summed E-state index contributed by atoms with van der Waals surface area (Å²) in [5, 5.41) is 13.3. The van der Waals surface area contributed by atoms with E-state index in [4.69, 9.17) is 5.73 Å². The molecule has 15 heavy (non-hydrogen) atoms. The van der Waals surface area contributed by atoms with Crippen LogP contribution in [0.3, 0.4) is 0 Å². The molecule has 78 valence electrons. The molecule has 0 radical (unpaired) electrons. The first-order valence-corrected chi connectivity index (χ1v) is 4.91. The number of benzene rings is 1. The lowest BCUT2D eigenvalue weighted by atomic mass is 10.1. The van der Waals surface area contributed by atoms with E-state index in [2.05, 4.69) is 36.6 Å². The lowest BCUT2D eigenvalue weighted by Crippen LogP contribution is -2.14. The van der Waals surface area contributed by atoms with Crippen LogP contribution in [0.4, 0.5) is 4.39 Å². The van der Waals surface area contributed by atoms with E-state index >= 15 is 0 Å². The van der Waals surface area contributed by atoms with E-state index in [1.54, 1.807) is 6.07 Å². The Morgan fingerprint density at radius 3 is 2.87 bits per heavy atom. The molecule has 2 rings (SSSR count). The second kappa shape index (κ2) is 4.03. The summed E-state index contributed by atoms with van der Waals surface area (Å²) in [4.78, 5) is 0. The number of hydrogen-bond donors (Lipinski definition) is 2. The van der Waals surface area contributed by atoms with Gasteiger partial charge in [0, 0.05) is 4.47 Å². The summed E-state index contributed by atoms with van der Waals surface area (Å²) in [6.45, 7) is 0. The number of halogens is 2. The fourth-order valence-electron chi connectivity index (χ4n) is 1.19. The number of nitrogens with zero attached hydrogens (tertiary/aromatic N) is 3. The van der Waals surface area contributed by atoms with Crippen molar-refractivity contribution >= 4 is 15.9 Å². The van der Waals surface area contributed by atoms with Gasteiger partial charge in [-0.3, -0.25) is 0 Å². The van der Waals surface area contributed by atoms with Crippen molar-refractivity contribution < 1.29 is 4.39 Å². The van der Waals surface area contributed by atoms with Crippen LogP contribution in [-0.2, 0) is 0 Å². The summed E-state index contributed by atoms with van der Waals surface area (Å²) in [6.07, 6.45) is 0. The summed E-state index contributed by atoms with van der Waals surface area (Å²) in [6, 6.07) is 3.73. The Bertz CT molecular complexity index is 458. The van der Waals surface area contributed by atoms with Crippen LogP contribution < -0.4 is 5.73 Å². The average molecular weight is 272 g/mol. The van der Waals surface area contributed by atoms with E-state index in [9.17, 15) is 4.39 Å². The van der Waals surface area contributed by atoms with Gasteiger partial charge in [-0.25, -0.2) is 4.39 Å². The Balaban J connectivity index is 2.38. The zero-order valence-corrected chi connectivity index (χ0v) is 9.07. The molecule has 2 aromatic rings. The lowest BCUT2D eigenvalue weighted by Gasteiger charge is -2.09. The molecule has 0 saturated carbocycles. The molecule has 0 amide bonds. The number of hydrogen-bond acceptors (Lipinski definition) is 4. The van der Waals surface area contributed by atoms with Crippen LogP contribution in [-0.4, -0.2) is 20.6 Å². The predicted octanol–water partition coefficient (Wildman–Crippen LogP) is 1.15. The van der Waals surface area contributed by atoms with Gasteiger partial charge in [-0.05, 0) is 17.7 Å². The minimum Gasteiger partial charge on any atom is -0.317 e. The minimum absolute atomic E-state index is 0.328. The first-order valence-electron chi connectivity index (χ1n) is 4.12. The predicted molar refractivity (Wildman–Crippen MR) is 54.3 cm³/mol. The van der Waals surface area contributed by atoms with Gasteiger partial charge < -0.3 is 5.73 Å². The van der Waals surface area contributed by atoms with Crippen LogP contribution in [0.2, 0.25) is 0 Å². The van der Waals surface area contributed by atoms with E-state index in [0.717, 1.165) is 0 Å². The van der Waals surface area contributed by atoms with Gasteiger partial charge in [0.1, 0.15) is 5.82 Å². The van der Waals surface area contributed by atoms with E-state index in [0.29, 0.717) is 15.9 Å². The maximum atomic E-state index is 12.8. The fourth-order valence-corrected chi connectivity index (χ4v) is 1.79. The highest BCUT2D eigenvalue weighted by Crippen LogP contribution is 2.25. The Kier molecular flexibility index (Phi) is 2.74. The summed E-state index contributed by atoms with van der Waals surface area (Å²) in [7, 11) is 0. The van der Waals surface area contributed by atoms with Gasteiger partial charge in [-0.15, -0.1) is 10.2 Å². The van der Waals surface area contributed by atoms with Crippen LogP contribution in [0.15, 0.2) is 22.7 Å². The number of tetrazole rings is 1. The van der Waals surface area contributed by atoms with Crippen molar-refractivity contribution in [2.24, 2.45) is 5.73 Å². The van der Waals surface area contributed by atoms with E-state index in [-0.39, 0.29) is 5.82 Å². The topological polar surface area (TPSA) is 80.5 Å². The maximum Gasteiger partial charge on any atom is 0.195 e. The highest BCUT2D eigenvalue weighted by molar-refractivity contribution is 9.10. The Morgan fingerprint density at radius 2 is 2.27 bits per heavy atom. The maximum absolute atomic E-state index is 12.8. The van der Waals surface area contributed by atoms with E-state index in [1.165, 1.54) is 12.1 Å². The molecule has 1 aromatic carbocycles. The molecule has 0 aliphatic carbocycles. The lowest BCUT2D eigenvalue weighted by molar-refractivity contribution is 0.624. The molecule has 1 atom stereocenters. The number of H-pyrrole nitrogens is 1. The highest BCUT2D eigenvalue weighted by atomic mass is 79.9. The van der Waals surface area contributed by atoms with Crippen LogP contribution in [0, 0.1) is 5.82 Å². The van der Waals surface area contributed by atoms with Gasteiger partial charge in [0.25, 0.3) is 0 Å². The van der Waals surface area contributed by atoms with Crippen molar-refractivity contribution in [3.63, 3.8) is 0 Å². The molecule has 1 unspecified atom stereocenters. The molecule has 0 aliphatic heterocycles. The largest absolute Gasteiger partial charge is 0.317 e. The molecule has 5 nitrogen and oxygen atoms in total. The number of nitrogens with two attached hydrogens (primary N) is 1. The Morgan fingerprint density at radius 1 is 1.47 bits per heavy atom. The number of aromatic amines is 1. The first kappa shape index (κ1) is 10.2. The quantitative estimate of drug-likeness (QED) is 0.859. The molecule has 0 spiro atoms. The third-order valence-electron chi connectivity index (χ3n) is 1.94. The fraction of sp³-hybridized carbons (Fsp3) is 0.125. The van der Waals surface area contributed by atoms with Crippen LogP contribution in [0.5, 0.6) is 0 Å². The molecule has 0 fully saturated rings. The van der Waals surface area contributed by atoms with E-state index in [1.807, 2.05) is 0 Å². The Hall–Kier alpha value is -1.34. The minimum atomic E-state index is -0.529. The van der Waals surface area contributed by atoms with Gasteiger partial charge >= 0.3 is 0 Å². The van der Waals surface area contributed by atoms with Crippen LogP contribution in [0.1, 0.15) is 17.4 Å². The normalized spacial score (nSPS) is 12.7. The number of rotatable bonds is 2. The third kappa shape index (κ3) is 2.02. The number of aromatic nitrogens is 4. The molecule has 0 saturated heterocycles. The Labute approximate surface area is 93.0 Å². The van der Waals surface area contributed by atoms with Gasteiger partial charge in [-0.1, -0.05) is 27.2 Å². The molecule has 1 aromatic heterocycles. The van der Waals surface area contributed by atoms with Gasteiger partial charge in [0.15, 0.2) is 5.82 Å². The molecule has 0 bridgehead atoms. The molecule has 0 aliphatic rings. The SMILES string of the molecule is NC(c1nn[nH]n1)c1ccc(F)cc1Br. The monoisotopic (exact) mass is 271 g/mol. The van der Waals surface area contributed by atoms with Crippen LogP contribution in [0.25, 0.3) is 0 Å². The van der Waals surface area contributed by atoms with Gasteiger partial charge in [0.2, 0.25) is 0 Å². The number of nitrogens with one attached hydrogen (secondary N) is 1. The van der Waals surface area contributed by atoms with Crippen molar-refractivity contribution in [1.29, 1.82) is 0 Å². The second-order valence-corrected chi connectivity index (χ2v) is 3.77. The summed E-state index contributed by atoms with van der Waals surface area (Å²) < 4.78 is 13.4. The van der Waals surface area contributed by atoms with Crippen molar-refractivity contribution in [3.8, 4) is 0 Å². The van der Waals surface area contributed by atoms with Crippen molar-refractivity contribution in [2.45, 2.75) is 6.04 Å². The molecular formula is C8H7BrFN5. The summed E-state index contributed by atoms with van der Waals surface area (Å²) in [5.74, 6) is 0.0354.